The number of unbranched alkanes of at least 4 members (excludes halogenated alkanes) is 11. The number of carbonyl (C=O) groups excluding carboxylic acids is 3. The van der Waals surface area contributed by atoms with Crippen molar-refractivity contribution in [3.63, 3.8) is 0 Å². The third-order valence-electron chi connectivity index (χ3n) is 5.31. The number of amides is 1. The van der Waals surface area contributed by atoms with Crippen molar-refractivity contribution in [2.45, 2.75) is 116 Å². The summed E-state index contributed by atoms with van der Waals surface area (Å²) in [5, 5.41) is 2.72. The van der Waals surface area contributed by atoms with Crippen LogP contribution >= 0.6 is 7.82 Å². The molecule has 13 heteroatoms. The summed E-state index contributed by atoms with van der Waals surface area (Å²) >= 11 is 0. The van der Waals surface area contributed by atoms with Crippen LogP contribution in [0.15, 0.2) is 0 Å². The summed E-state index contributed by atoms with van der Waals surface area (Å²) < 4.78 is 25.3. The van der Waals surface area contributed by atoms with E-state index >= 15 is 0 Å². The molecule has 0 saturated carbocycles. The summed E-state index contributed by atoms with van der Waals surface area (Å²) in [5.41, 5.74) is 0. The minimum atomic E-state index is -5.25. The number of ether oxygens (including phenoxy) is 2. The number of hydrogen-bond donors (Lipinski definition) is 1. The molecule has 0 spiro atoms. The van der Waals surface area contributed by atoms with E-state index in [1.165, 1.54) is 32.6 Å². The molecule has 1 N–H and O–H groups in total. The molecule has 1 atom stereocenters. The maximum absolute atomic E-state index is 12.1. The molecular formula is C24H44NNa2O9P. The van der Waals surface area contributed by atoms with Gasteiger partial charge in [0.15, 0.2) is 6.10 Å². The van der Waals surface area contributed by atoms with Crippen molar-refractivity contribution in [2.24, 2.45) is 0 Å². The maximum atomic E-state index is 12.1. The zero-order valence-corrected chi connectivity index (χ0v) is 28.3. The molecule has 10 nitrogen and oxygen atoms in total. The summed E-state index contributed by atoms with van der Waals surface area (Å²) in [4.78, 5) is 56.4. The molecule has 0 saturated heterocycles. The maximum Gasteiger partial charge on any atom is 1.00 e. The fraction of sp³-hybridized carbons (Fsp3) is 0.875. The third kappa shape index (κ3) is 32.6. The molecule has 0 rings (SSSR count). The molecule has 0 heterocycles. The Balaban J connectivity index is -0.00000578. The zero-order valence-electron chi connectivity index (χ0n) is 23.4. The summed E-state index contributed by atoms with van der Waals surface area (Å²) in [6.45, 7) is 3.21. The first-order chi connectivity index (χ1) is 16.6. The zero-order chi connectivity index (χ0) is 26.4. The van der Waals surface area contributed by atoms with Crippen molar-refractivity contribution in [1.82, 2.24) is 5.32 Å². The van der Waals surface area contributed by atoms with Gasteiger partial charge in [-0.25, -0.2) is 0 Å². The molecule has 0 radical (unpaired) electrons. The molecule has 0 aromatic rings. The molecule has 37 heavy (non-hydrogen) atoms. The van der Waals surface area contributed by atoms with Crippen LogP contribution in [0.1, 0.15) is 110 Å². The van der Waals surface area contributed by atoms with E-state index in [9.17, 15) is 28.7 Å². The Kier molecular flexibility index (Phi) is 31.9. The standard InChI is InChI=1S/C24H46NO9P.2Na/c1-3-4-5-6-7-8-10-14-17-24(28)34-22(20-33-35(29,30)31)19-32-23(27)16-13-11-9-12-15-18-25-21(2)26;;/h22H,3-20H2,1-2H3,(H,25,26)(H2,29,30,31);;/q;2*+1/p-2/t22-;;/m0../s1. The number of nitrogens with one attached hydrogen (secondary N) is 1. The number of carbonyl (C=O) groups is 3. The van der Waals surface area contributed by atoms with E-state index in [0.29, 0.717) is 19.4 Å². The van der Waals surface area contributed by atoms with E-state index in [1.54, 1.807) is 0 Å². The van der Waals surface area contributed by atoms with Gasteiger partial charge in [0.05, 0.1) is 14.4 Å². The Bertz CT molecular complexity index is 635. The third-order valence-corrected chi connectivity index (χ3v) is 5.78. The number of phosphoric ester groups is 1. The normalized spacial score (nSPS) is 11.6. The second kappa shape index (κ2) is 28.1. The molecule has 0 bridgehead atoms. The monoisotopic (exact) mass is 567 g/mol. The SMILES string of the molecule is CCCCCCCCCCC(=O)O[C@@H](COC(=O)CCCCCCCNC(C)=O)COP(=O)([O-])[O-].[Na+].[Na+]. The summed E-state index contributed by atoms with van der Waals surface area (Å²) in [7, 11) is -5.25. The quantitative estimate of drug-likeness (QED) is 0.0601. The average Bonchev–Trinajstić information content (AvgIpc) is 2.78. The van der Waals surface area contributed by atoms with Crippen LogP contribution in [0, 0.1) is 0 Å². The smallest absolute Gasteiger partial charge is 0.790 e. The van der Waals surface area contributed by atoms with E-state index < -0.39 is 32.5 Å². The van der Waals surface area contributed by atoms with Crippen LogP contribution in [0.2, 0.25) is 0 Å². The van der Waals surface area contributed by atoms with Gasteiger partial charge in [0.1, 0.15) is 6.61 Å². The second-order valence-corrected chi connectivity index (χ2v) is 9.92. The van der Waals surface area contributed by atoms with Crippen LogP contribution in [-0.2, 0) is 32.9 Å². The first-order valence-electron chi connectivity index (χ1n) is 12.9. The largest absolute Gasteiger partial charge is 1.00 e. The minimum absolute atomic E-state index is 0. The summed E-state index contributed by atoms with van der Waals surface area (Å²) in [5.74, 6) is -1.10. The molecule has 0 aromatic carbocycles. The van der Waals surface area contributed by atoms with Crippen LogP contribution in [0.25, 0.3) is 0 Å². The van der Waals surface area contributed by atoms with Crippen molar-refractivity contribution in [1.29, 1.82) is 0 Å². The fourth-order valence-electron chi connectivity index (χ4n) is 3.39. The molecule has 1 amide bonds. The van der Waals surface area contributed by atoms with Gasteiger partial charge in [-0.1, -0.05) is 71.1 Å². The Morgan fingerprint density at radius 3 is 1.76 bits per heavy atom. The number of phosphoric acid groups is 1. The first kappa shape index (κ1) is 42.0. The van der Waals surface area contributed by atoms with Gasteiger partial charge in [0.25, 0.3) is 0 Å². The van der Waals surface area contributed by atoms with Crippen LogP contribution < -0.4 is 74.2 Å². The Labute approximate surface area is 266 Å². The van der Waals surface area contributed by atoms with Crippen LogP contribution in [0.4, 0.5) is 0 Å². The van der Waals surface area contributed by atoms with Crippen LogP contribution in [-0.4, -0.2) is 43.7 Å². The van der Waals surface area contributed by atoms with Gasteiger partial charge in [0.2, 0.25) is 5.91 Å². The Morgan fingerprint density at radius 2 is 1.24 bits per heavy atom. The number of rotatable bonds is 23. The first-order valence-corrected chi connectivity index (χ1v) is 14.4. The molecule has 0 aromatic heterocycles. The molecule has 0 fully saturated rings. The molecule has 0 aliphatic heterocycles. The van der Waals surface area contributed by atoms with Gasteiger partial charge < -0.3 is 33.7 Å². The van der Waals surface area contributed by atoms with Crippen molar-refractivity contribution in [3.05, 3.63) is 0 Å². The van der Waals surface area contributed by atoms with Crippen molar-refractivity contribution < 1.29 is 102 Å². The molecule has 0 aliphatic rings. The Hall–Kier alpha value is 0.520. The Morgan fingerprint density at radius 1 is 0.757 bits per heavy atom. The van der Waals surface area contributed by atoms with Crippen molar-refractivity contribution >= 4 is 25.7 Å². The van der Waals surface area contributed by atoms with Crippen LogP contribution in [0.3, 0.4) is 0 Å². The van der Waals surface area contributed by atoms with Crippen LogP contribution in [0.5, 0.6) is 0 Å². The summed E-state index contributed by atoms with van der Waals surface area (Å²) in [6.07, 6.45) is 11.9. The van der Waals surface area contributed by atoms with Gasteiger partial charge in [-0.2, -0.15) is 0 Å². The van der Waals surface area contributed by atoms with E-state index in [2.05, 4.69) is 16.8 Å². The van der Waals surface area contributed by atoms with Crippen molar-refractivity contribution in [2.75, 3.05) is 19.8 Å². The fourth-order valence-corrected chi connectivity index (χ4v) is 3.73. The molecule has 206 valence electrons. The van der Waals surface area contributed by atoms with E-state index in [0.717, 1.165) is 44.9 Å². The van der Waals surface area contributed by atoms with Crippen molar-refractivity contribution in [3.8, 4) is 0 Å². The molecule has 0 aliphatic carbocycles. The average molecular weight is 568 g/mol. The van der Waals surface area contributed by atoms with Gasteiger partial charge in [-0.05, 0) is 19.3 Å². The molecular weight excluding hydrogens is 523 g/mol. The van der Waals surface area contributed by atoms with Gasteiger partial charge >= 0.3 is 71.1 Å². The topological polar surface area (TPSA) is 154 Å². The minimum Gasteiger partial charge on any atom is -0.790 e. The molecule has 0 unspecified atom stereocenters. The number of esters is 2. The predicted molar refractivity (Wildman–Crippen MR) is 128 cm³/mol. The summed E-state index contributed by atoms with van der Waals surface area (Å²) in [6, 6.07) is 0. The van der Waals surface area contributed by atoms with E-state index in [1.807, 2.05) is 0 Å². The predicted octanol–water partition coefficient (Wildman–Crippen LogP) is -2.70. The van der Waals surface area contributed by atoms with Gasteiger partial charge in [0, 0.05) is 26.3 Å². The van der Waals surface area contributed by atoms with E-state index in [-0.39, 0.29) is 84.5 Å². The second-order valence-electron chi connectivity index (χ2n) is 8.76. The van der Waals surface area contributed by atoms with Gasteiger partial charge in [-0.3, -0.25) is 14.4 Å². The number of hydrogen-bond acceptors (Lipinski definition) is 9. The van der Waals surface area contributed by atoms with E-state index in [4.69, 9.17) is 9.47 Å². The van der Waals surface area contributed by atoms with Gasteiger partial charge in [-0.15, -0.1) is 0 Å².